The Hall–Kier alpha value is -2.45. The van der Waals surface area contributed by atoms with Crippen molar-refractivity contribution in [1.29, 1.82) is 0 Å². The highest BCUT2D eigenvalue weighted by atomic mass is 32.2. The number of anilines is 1. The number of rotatable bonds is 9. The molecule has 0 bridgehead atoms. The Morgan fingerprint density at radius 1 is 1.03 bits per heavy atom. The zero-order valence-corrected chi connectivity index (χ0v) is 18.8. The van der Waals surface area contributed by atoms with Crippen molar-refractivity contribution in [2.75, 3.05) is 31.6 Å². The fourth-order valence-corrected chi connectivity index (χ4v) is 4.85. The van der Waals surface area contributed by atoms with Gasteiger partial charge < -0.3 is 4.90 Å². The molecule has 0 aliphatic heterocycles. The third-order valence-corrected chi connectivity index (χ3v) is 7.11. The smallest absolute Gasteiger partial charge is 0.242 e. The van der Waals surface area contributed by atoms with Gasteiger partial charge in [-0.15, -0.1) is 0 Å². The molecule has 162 valence electrons. The van der Waals surface area contributed by atoms with E-state index in [9.17, 15) is 12.8 Å². The van der Waals surface area contributed by atoms with Crippen LogP contribution in [0.3, 0.4) is 0 Å². The van der Waals surface area contributed by atoms with E-state index in [2.05, 4.69) is 4.90 Å². The van der Waals surface area contributed by atoms with Crippen molar-refractivity contribution in [1.82, 2.24) is 14.1 Å². The van der Waals surface area contributed by atoms with Gasteiger partial charge in [-0.25, -0.2) is 17.1 Å². The van der Waals surface area contributed by atoms with E-state index in [1.165, 1.54) is 16.4 Å². The SMILES string of the molecule is CCCN(C)S(=O)(=O)c1ccc2c(c1)c(N(CC)CC)nn2Cc1ccc(F)cc1. The lowest BCUT2D eigenvalue weighted by molar-refractivity contribution is 0.468. The Labute approximate surface area is 178 Å². The van der Waals surface area contributed by atoms with Gasteiger partial charge in [-0.1, -0.05) is 19.1 Å². The second-order valence-electron chi connectivity index (χ2n) is 7.29. The van der Waals surface area contributed by atoms with E-state index in [4.69, 9.17) is 5.10 Å². The monoisotopic (exact) mass is 432 g/mol. The van der Waals surface area contributed by atoms with E-state index in [1.807, 2.05) is 31.5 Å². The maximum atomic E-state index is 13.3. The lowest BCUT2D eigenvalue weighted by Gasteiger charge is -2.19. The van der Waals surface area contributed by atoms with Gasteiger partial charge in [0.2, 0.25) is 10.0 Å². The van der Waals surface area contributed by atoms with Crippen LogP contribution >= 0.6 is 0 Å². The largest absolute Gasteiger partial charge is 0.355 e. The fraction of sp³-hybridized carbons (Fsp3) is 0.409. The Kier molecular flexibility index (Phi) is 6.77. The van der Waals surface area contributed by atoms with E-state index >= 15 is 0 Å². The van der Waals surface area contributed by atoms with Crippen LogP contribution in [0.1, 0.15) is 32.8 Å². The van der Waals surface area contributed by atoms with Crippen molar-refractivity contribution in [2.24, 2.45) is 0 Å². The number of hydrogen-bond donors (Lipinski definition) is 0. The average molecular weight is 433 g/mol. The maximum absolute atomic E-state index is 13.3. The van der Waals surface area contributed by atoms with Gasteiger partial charge in [0.1, 0.15) is 5.82 Å². The molecule has 0 aliphatic rings. The normalized spacial score (nSPS) is 12.1. The molecule has 0 unspecified atom stereocenters. The minimum Gasteiger partial charge on any atom is -0.355 e. The molecule has 0 amide bonds. The van der Waals surface area contributed by atoms with Crippen LogP contribution in [0.4, 0.5) is 10.2 Å². The standard InChI is InChI=1S/C22H29FN4O2S/c1-5-14-25(4)30(28,29)19-12-13-21-20(15-19)22(26(6-2)7-3)24-27(21)16-17-8-10-18(23)11-9-17/h8-13,15H,5-7,14,16H2,1-4H3. The van der Waals surface area contributed by atoms with Gasteiger partial charge in [0.15, 0.2) is 5.82 Å². The lowest BCUT2D eigenvalue weighted by atomic mass is 10.2. The molecule has 0 aliphatic carbocycles. The van der Waals surface area contributed by atoms with Crippen LogP contribution in [-0.4, -0.2) is 49.2 Å². The van der Waals surface area contributed by atoms with E-state index in [1.54, 1.807) is 31.3 Å². The van der Waals surface area contributed by atoms with Crippen molar-refractivity contribution in [2.45, 2.75) is 38.6 Å². The summed E-state index contributed by atoms with van der Waals surface area (Å²) in [4.78, 5) is 2.37. The molecule has 3 rings (SSSR count). The average Bonchev–Trinajstić information content (AvgIpc) is 3.08. The quantitative estimate of drug-likeness (QED) is 0.511. The zero-order valence-electron chi connectivity index (χ0n) is 18.0. The Balaban J connectivity index is 2.12. The molecule has 0 saturated heterocycles. The Morgan fingerprint density at radius 2 is 1.70 bits per heavy atom. The molecule has 0 atom stereocenters. The van der Waals surface area contributed by atoms with Crippen LogP contribution in [0.2, 0.25) is 0 Å². The van der Waals surface area contributed by atoms with Gasteiger partial charge in [0.05, 0.1) is 17.0 Å². The highest BCUT2D eigenvalue weighted by Crippen LogP contribution is 2.30. The summed E-state index contributed by atoms with van der Waals surface area (Å²) >= 11 is 0. The highest BCUT2D eigenvalue weighted by molar-refractivity contribution is 7.89. The molecule has 30 heavy (non-hydrogen) atoms. The summed E-state index contributed by atoms with van der Waals surface area (Å²) in [6.07, 6.45) is 0.748. The first-order valence-corrected chi connectivity index (χ1v) is 11.7. The molecule has 2 aromatic carbocycles. The van der Waals surface area contributed by atoms with Gasteiger partial charge in [-0.05, 0) is 56.2 Å². The van der Waals surface area contributed by atoms with Crippen LogP contribution in [-0.2, 0) is 16.6 Å². The van der Waals surface area contributed by atoms with Crippen molar-refractivity contribution >= 4 is 26.7 Å². The Morgan fingerprint density at radius 3 is 2.30 bits per heavy atom. The molecule has 1 heterocycles. The predicted molar refractivity (Wildman–Crippen MR) is 119 cm³/mol. The van der Waals surface area contributed by atoms with Crippen LogP contribution < -0.4 is 4.90 Å². The first-order chi connectivity index (χ1) is 14.3. The first kappa shape index (κ1) is 22.2. The molecule has 0 spiro atoms. The second-order valence-corrected chi connectivity index (χ2v) is 9.33. The molecule has 6 nitrogen and oxygen atoms in total. The summed E-state index contributed by atoms with van der Waals surface area (Å²) in [5.41, 5.74) is 1.77. The summed E-state index contributed by atoms with van der Waals surface area (Å²) in [7, 11) is -1.96. The number of nitrogens with zero attached hydrogens (tertiary/aromatic N) is 4. The van der Waals surface area contributed by atoms with Gasteiger partial charge >= 0.3 is 0 Å². The topological polar surface area (TPSA) is 58.4 Å². The minimum atomic E-state index is -3.57. The summed E-state index contributed by atoms with van der Waals surface area (Å²) in [6.45, 7) is 8.49. The fourth-order valence-electron chi connectivity index (χ4n) is 3.56. The third kappa shape index (κ3) is 4.34. The van der Waals surface area contributed by atoms with Crippen LogP contribution in [0.5, 0.6) is 0 Å². The van der Waals surface area contributed by atoms with Gasteiger partial charge in [-0.2, -0.15) is 5.10 Å². The minimum absolute atomic E-state index is 0.265. The third-order valence-electron chi connectivity index (χ3n) is 5.26. The molecule has 1 aromatic heterocycles. The second kappa shape index (κ2) is 9.14. The molecule has 0 radical (unpaired) electrons. The molecule has 8 heteroatoms. The molecular formula is C22H29FN4O2S. The van der Waals surface area contributed by atoms with Crippen LogP contribution in [0.25, 0.3) is 10.9 Å². The van der Waals surface area contributed by atoms with Crippen molar-refractivity contribution in [3.8, 4) is 0 Å². The summed E-state index contributed by atoms with van der Waals surface area (Å²) < 4.78 is 42.4. The number of aromatic nitrogens is 2. The van der Waals surface area contributed by atoms with Crippen LogP contribution in [0.15, 0.2) is 47.4 Å². The van der Waals surface area contributed by atoms with Crippen molar-refractivity contribution < 1.29 is 12.8 Å². The van der Waals surface area contributed by atoms with E-state index < -0.39 is 10.0 Å². The van der Waals surface area contributed by atoms with E-state index in [0.717, 1.165) is 41.8 Å². The van der Waals surface area contributed by atoms with Gasteiger partial charge in [0, 0.05) is 32.1 Å². The van der Waals surface area contributed by atoms with Crippen molar-refractivity contribution in [3.63, 3.8) is 0 Å². The van der Waals surface area contributed by atoms with E-state index in [-0.39, 0.29) is 10.7 Å². The number of fused-ring (bicyclic) bond motifs is 1. The molecule has 0 saturated carbocycles. The van der Waals surface area contributed by atoms with Crippen LogP contribution in [0, 0.1) is 5.82 Å². The summed E-state index contributed by atoms with van der Waals surface area (Å²) in [5, 5.41) is 5.59. The molecule has 0 fully saturated rings. The molecule has 3 aromatic rings. The van der Waals surface area contributed by atoms with Crippen molar-refractivity contribution in [3.05, 3.63) is 53.8 Å². The zero-order chi connectivity index (χ0) is 21.9. The summed E-state index contributed by atoms with van der Waals surface area (Å²) in [6, 6.07) is 11.5. The Bertz CT molecular complexity index is 1110. The van der Waals surface area contributed by atoms with Gasteiger partial charge in [-0.3, -0.25) is 4.68 Å². The number of benzene rings is 2. The van der Waals surface area contributed by atoms with E-state index in [0.29, 0.717) is 13.1 Å². The van der Waals surface area contributed by atoms with Gasteiger partial charge in [0.25, 0.3) is 0 Å². The number of hydrogen-bond acceptors (Lipinski definition) is 4. The lowest BCUT2D eigenvalue weighted by Crippen LogP contribution is -2.27. The maximum Gasteiger partial charge on any atom is 0.242 e. The summed E-state index contributed by atoms with van der Waals surface area (Å²) in [5.74, 6) is 0.478. The molecule has 0 N–H and O–H groups in total. The highest BCUT2D eigenvalue weighted by Gasteiger charge is 2.23. The molecular weight excluding hydrogens is 403 g/mol. The first-order valence-electron chi connectivity index (χ1n) is 10.3. The number of sulfonamides is 1. The predicted octanol–water partition coefficient (Wildman–Crippen LogP) is 4.10. The number of halogens is 1.